The van der Waals surface area contributed by atoms with E-state index < -0.39 is 40.4 Å². The van der Waals surface area contributed by atoms with Crippen LogP contribution in [0.2, 0.25) is 0 Å². The molecule has 1 aromatic heterocycles. The summed E-state index contributed by atoms with van der Waals surface area (Å²) in [6.45, 7) is 8.25. The van der Waals surface area contributed by atoms with Gasteiger partial charge in [0.05, 0.1) is 29.7 Å². The van der Waals surface area contributed by atoms with Gasteiger partial charge in [-0.2, -0.15) is 0 Å². The summed E-state index contributed by atoms with van der Waals surface area (Å²) in [4.78, 5) is 31.3. The highest BCUT2D eigenvalue weighted by atomic mass is 32.1. The lowest BCUT2D eigenvalue weighted by atomic mass is 9.32. The van der Waals surface area contributed by atoms with Crippen LogP contribution in [0.15, 0.2) is 60.2 Å². The van der Waals surface area contributed by atoms with Crippen LogP contribution in [-0.4, -0.2) is 58.2 Å². The van der Waals surface area contributed by atoms with Crippen molar-refractivity contribution in [1.29, 1.82) is 0 Å². The smallest absolute Gasteiger partial charge is 0.450 e. The first-order chi connectivity index (χ1) is 23.5. The van der Waals surface area contributed by atoms with Gasteiger partial charge in [-0.05, 0) is 106 Å². The summed E-state index contributed by atoms with van der Waals surface area (Å²) >= 11 is 1.49. The zero-order valence-corrected chi connectivity index (χ0v) is 29.8. The van der Waals surface area contributed by atoms with Gasteiger partial charge in [0.25, 0.3) is 0 Å². The molecule has 7 nitrogen and oxygen atoms in total. The van der Waals surface area contributed by atoms with E-state index in [1.165, 1.54) is 40.5 Å². The number of benzene rings is 1. The maximum atomic E-state index is 14.6. The number of hydrogen-bond donors (Lipinski definition) is 2. The number of carbonyl (C=O) groups is 2. The van der Waals surface area contributed by atoms with Crippen molar-refractivity contribution in [1.82, 2.24) is 4.90 Å². The molecule has 8 atom stereocenters. The fraction of sp³-hybridized carbons (Fsp3) is 0.590. The number of nitrogens with zero attached hydrogens (tertiary/aromatic N) is 1. The number of Topliss-reactive ketones (excluding diaryl/α,β-unsaturated/α-hetero) is 1. The molecule has 2 aromatic rings. The molecule has 2 N–H and O–H groups in total. The molecule has 1 unspecified atom stereocenters. The number of ether oxygens (including phenoxy) is 2. The maximum Gasteiger partial charge on any atom is 0.573 e. The SMILES string of the molecule is CCOC(=O)N(Cc1ccc(OC(F)(F)F)cc1)C[C@]1(O)CC[C@H]2[C@]34C=C[C@@]5(C=C3C(=O)c3ccc(C)s3)CC(O)CC[C@]5(C)[C@H]4CC[C@@]21C. The minimum atomic E-state index is -4.82. The highest BCUT2D eigenvalue weighted by molar-refractivity contribution is 7.14. The second-order valence-electron chi connectivity index (χ2n) is 15.8. The largest absolute Gasteiger partial charge is 0.573 e. The van der Waals surface area contributed by atoms with Crippen LogP contribution in [0.3, 0.4) is 0 Å². The Kier molecular flexibility index (Phi) is 8.43. The van der Waals surface area contributed by atoms with E-state index in [2.05, 4.69) is 36.8 Å². The maximum absolute atomic E-state index is 14.6. The normalized spacial score (nSPS) is 37.0. The van der Waals surface area contributed by atoms with E-state index in [0.29, 0.717) is 42.5 Å². The second-order valence-corrected chi connectivity index (χ2v) is 17.1. The van der Waals surface area contributed by atoms with Crippen molar-refractivity contribution < 1.29 is 42.4 Å². The number of amides is 1. The molecule has 8 rings (SSSR count). The van der Waals surface area contributed by atoms with Gasteiger partial charge in [0.15, 0.2) is 5.78 Å². The zero-order valence-electron chi connectivity index (χ0n) is 29.0. The van der Waals surface area contributed by atoms with Gasteiger partial charge in [-0.1, -0.05) is 44.2 Å². The van der Waals surface area contributed by atoms with Gasteiger partial charge in [0.2, 0.25) is 0 Å². The average Bonchev–Trinajstić information content (AvgIpc) is 3.60. The summed E-state index contributed by atoms with van der Waals surface area (Å²) in [5.74, 6) is -0.309. The fourth-order valence-corrected chi connectivity index (χ4v) is 11.8. The van der Waals surface area contributed by atoms with Crippen molar-refractivity contribution in [2.24, 2.45) is 33.5 Å². The molecule has 11 heteroatoms. The number of alkyl halides is 3. The average molecular weight is 714 g/mol. The Bertz CT molecular complexity index is 1740. The van der Waals surface area contributed by atoms with Crippen molar-refractivity contribution in [3.63, 3.8) is 0 Å². The third kappa shape index (κ3) is 5.28. The van der Waals surface area contributed by atoms with Gasteiger partial charge < -0.3 is 24.6 Å². The first-order valence-corrected chi connectivity index (χ1v) is 18.5. The topological polar surface area (TPSA) is 96.3 Å². The number of aliphatic hydroxyl groups excluding tert-OH is 1. The van der Waals surface area contributed by atoms with Gasteiger partial charge in [0, 0.05) is 33.2 Å². The number of fused-ring (bicyclic) bond motifs is 1. The predicted octanol–water partition coefficient (Wildman–Crippen LogP) is 8.39. The van der Waals surface area contributed by atoms with Gasteiger partial charge in [-0.3, -0.25) is 4.79 Å². The zero-order chi connectivity index (χ0) is 35.9. The van der Waals surface area contributed by atoms with E-state index in [1.807, 2.05) is 19.1 Å². The van der Waals surface area contributed by atoms with Gasteiger partial charge >= 0.3 is 12.5 Å². The summed E-state index contributed by atoms with van der Waals surface area (Å²) in [6, 6.07) is 9.23. The number of halogens is 3. The Hall–Kier alpha value is -3.15. The molecule has 3 saturated carbocycles. The van der Waals surface area contributed by atoms with Crippen LogP contribution in [0.5, 0.6) is 5.75 Å². The molecule has 1 aromatic carbocycles. The Morgan fingerprint density at radius 1 is 0.980 bits per heavy atom. The Balaban J connectivity index is 1.25. The second kappa shape index (κ2) is 12.0. The van der Waals surface area contributed by atoms with E-state index in [9.17, 15) is 33.0 Å². The van der Waals surface area contributed by atoms with Crippen LogP contribution in [-0.2, 0) is 11.3 Å². The number of ketones is 1. The quantitative estimate of drug-likeness (QED) is 0.211. The number of aliphatic hydroxyl groups is 2. The molecule has 1 heterocycles. The summed E-state index contributed by atoms with van der Waals surface area (Å²) in [6.07, 6.45) is 5.52. The molecule has 6 aliphatic carbocycles. The van der Waals surface area contributed by atoms with E-state index in [4.69, 9.17) is 4.74 Å². The van der Waals surface area contributed by atoms with Crippen molar-refractivity contribution >= 4 is 23.2 Å². The molecule has 0 aliphatic heterocycles. The number of rotatable bonds is 8. The predicted molar refractivity (Wildman–Crippen MR) is 183 cm³/mol. The molecule has 50 heavy (non-hydrogen) atoms. The van der Waals surface area contributed by atoms with Crippen molar-refractivity contribution in [2.45, 2.75) is 97.3 Å². The van der Waals surface area contributed by atoms with Crippen LogP contribution >= 0.6 is 11.3 Å². The lowest BCUT2D eigenvalue weighted by molar-refractivity contribution is -0.274. The highest BCUT2D eigenvalue weighted by Gasteiger charge is 2.74. The van der Waals surface area contributed by atoms with Crippen LogP contribution in [0.25, 0.3) is 0 Å². The number of allylic oxidation sites excluding steroid dienone is 4. The highest BCUT2D eigenvalue weighted by Crippen LogP contribution is 2.78. The van der Waals surface area contributed by atoms with Gasteiger partial charge in [-0.25, -0.2) is 4.79 Å². The lowest BCUT2D eigenvalue weighted by Crippen LogP contribution is -2.67. The molecule has 2 bridgehead atoms. The molecule has 3 fully saturated rings. The number of carbonyl (C=O) groups excluding carboxylic acids is 2. The molecule has 2 spiro atoms. The summed E-state index contributed by atoms with van der Waals surface area (Å²) < 4.78 is 47.7. The van der Waals surface area contributed by atoms with E-state index in [0.717, 1.165) is 23.3 Å². The number of thiophene rings is 1. The summed E-state index contributed by atoms with van der Waals surface area (Å²) in [5, 5.41) is 23.8. The molecule has 0 saturated heterocycles. The fourth-order valence-electron chi connectivity index (χ4n) is 11.0. The minimum Gasteiger partial charge on any atom is -0.450 e. The van der Waals surface area contributed by atoms with Crippen molar-refractivity contribution in [3.05, 3.63) is 75.5 Å². The van der Waals surface area contributed by atoms with Crippen LogP contribution in [0.1, 0.15) is 85.8 Å². The van der Waals surface area contributed by atoms with Crippen LogP contribution < -0.4 is 4.74 Å². The molecule has 0 radical (unpaired) electrons. The monoisotopic (exact) mass is 713 g/mol. The molecule has 270 valence electrons. The Labute approximate surface area is 295 Å². The number of aryl methyl sites for hydroxylation is 1. The van der Waals surface area contributed by atoms with E-state index in [-0.39, 0.29) is 48.5 Å². The summed E-state index contributed by atoms with van der Waals surface area (Å²) in [5.41, 5.74) is -1.91. The third-order valence-electron chi connectivity index (χ3n) is 13.4. The first-order valence-electron chi connectivity index (χ1n) is 17.7. The first kappa shape index (κ1) is 35.3. The van der Waals surface area contributed by atoms with E-state index in [1.54, 1.807) is 6.92 Å². The Morgan fingerprint density at radius 2 is 1.66 bits per heavy atom. The van der Waals surface area contributed by atoms with Crippen LogP contribution in [0.4, 0.5) is 18.0 Å². The minimum absolute atomic E-state index is 0.0183. The van der Waals surface area contributed by atoms with Crippen molar-refractivity contribution in [3.8, 4) is 5.75 Å². The third-order valence-corrected chi connectivity index (χ3v) is 14.4. The molecule has 1 amide bonds. The van der Waals surface area contributed by atoms with Gasteiger partial charge in [0.1, 0.15) is 5.75 Å². The van der Waals surface area contributed by atoms with Gasteiger partial charge in [-0.15, -0.1) is 24.5 Å². The summed E-state index contributed by atoms with van der Waals surface area (Å²) in [7, 11) is 0. The van der Waals surface area contributed by atoms with Crippen molar-refractivity contribution in [2.75, 3.05) is 13.2 Å². The molecular formula is C39H46F3NO6S. The van der Waals surface area contributed by atoms with Crippen LogP contribution in [0, 0.1) is 40.4 Å². The molecular weight excluding hydrogens is 667 g/mol. The molecule has 6 aliphatic rings. The Morgan fingerprint density at radius 3 is 2.32 bits per heavy atom. The number of hydrogen-bond acceptors (Lipinski definition) is 7. The standard InChI is InChI=1S/C39H46F3NO6S/c1-5-48-33(46)43(22-25-7-9-27(10-8-25)49-39(40,41)42)23-37(47)17-14-31-35(37,4)16-13-30-34(3)15-12-26(44)20-36(34)18-19-38(30,31)28(21-36)32(45)29-11-6-24(2)50-29/h6-11,18-19,21,26,30-31,44,47H,5,12-17,20,22-23H2,1-4H3/t26?,30-,31-,34-,35+,36+,37-,38-/m1/s1. The van der Waals surface area contributed by atoms with E-state index >= 15 is 0 Å². The lowest BCUT2D eigenvalue weighted by Gasteiger charge is -2.71.